The molecule has 2 N–H and O–H groups in total. The summed E-state index contributed by atoms with van der Waals surface area (Å²) in [5.41, 5.74) is 1.53. The predicted octanol–water partition coefficient (Wildman–Crippen LogP) is 2.56. The van der Waals surface area contributed by atoms with Crippen molar-refractivity contribution in [3.8, 4) is 0 Å². The summed E-state index contributed by atoms with van der Waals surface area (Å²) < 4.78 is 25.2. The van der Waals surface area contributed by atoms with Gasteiger partial charge in [-0.1, -0.05) is 6.07 Å². The van der Waals surface area contributed by atoms with Crippen LogP contribution in [0, 0.1) is 0 Å². The number of amides is 2. The lowest BCUT2D eigenvalue weighted by Gasteiger charge is -2.19. The molecule has 1 aromatic rings. The quantitative estimate of drug-likeness (QED) is 0.806. The zero-order valence-corrected chi connectivity index (χ0v) is 13.4. The molecular weight excluding hydrogens is 328 g/mol. The largest absolute Gasteiger partial charge is 0.399 e. The van der Waals surface area contributed by atoms with Crippen LogP contribution < -0.4 is 15.5 Å². The van der Waals surface area contributed by atoms with Gasteiger partial charge in [0.05, 0.1) is 0 Å². The fourth-order valence-electron chi connectivity index (χ4n) is 2.35. The number of hydrogen-bond acceptors (Lipinski definition) is 3. The van der Waals surface area contributed by atoms with E-state index in [0.717, 1.165) is 31.6 Å². The van der Waals surface area contributed by atoms with Crippen LogP contribution in [0.25, 0.3) is 0 Å². The number of nitrogens with one attached hydrogen (secondary N) is 2. The molecule has 0 bridgehead atoms. The number of benzene rings is 1. The van der Waals surface area contributed by atoms with Gasteiger partial charge in [-0.15, -0.1) is 0 Å². The van der Waals surface area contributed by atoms with E-state index in [0.29, 0.717) is 5.69 Å². The van der Waals surface area contributed by atoms with Crippen LogP contribution in [0.3, 0.4) is 0 Å². The number of anilines is 2. The summed E-state index contributed by atoms with van der Waals surface area (Å²) in [6.07, 6.45) is 2.26. The van der Waals surface area contributed by atoms with Crippen molar-refractivity contribution in [2.75, 3.05) is 23.3 Å². The number of nitrogens with zero attached hydrogens (tertiary/aromatic N) is 1. The number of carbonyl (C=O) groups is 2. The Hall–Kier alpha value is -1.89. The minimum Gasteiger partial charge on any atom is -0.371 e. The van der Waals surface area contributed by atoms with Crippen molar-refractivity contribution >= 4 is 34.8 Å². The van der Waals surface area contributed by atoms with Crippen LogP contribution in [0.4, 0.5) is 20.2 Å². The third kappa shape index (κ3) is 4.79. The molecule has 1 fully saturated rings. The molecule has 0 saturated carbocycles. The fourth-order valence-corrected chi connectivity index (χ4v) is 2.40. The van der Waals surface area contributed by atoms with Gasteiger partial charge in [0.2, 0.25) is 5.91 Å². The Balaban J connectivity index is 1.97. The molecule has 1 aliphatic heterocycles. The first-order valence-corrected chi connectivity index (χ1v) is 7.69. The van der Waals surface area contributed by atoms with E-state index in [2.05, 4.69) is 21.8 Å². The van der Waals surface area contributed by atoms with E-state index in [-0.39, 0.29) is 0 Å². The second-order valence-electron chi connectivity index (χ2n) is 5.43. The number of halogens is 3. The fraction of sp³-hybridized carbons (Fsp3) is 0.467. The standard InChI is InChI=1S/C15H18ClF2N3O2/c1-10(19-14(23)15(16,17)18)13(22)20-11-5-4-6-12(9-11)21-7-2-3-8-21/h4-6,9-10H,2-3,7-8H2,1H3,(H,19,23)(H,20,22). The maximum atomic E-state index is 12.6. The van der Waals surface area contributed by atoms with Crippen LogP contribution in [0.5, 0.6) is 0 Å². The maximum Gasteiger partial charge on any atom is 0.399 e. The van der Waals surface area contributed by atoms with E-state index >= 15 is 0 Å². The van der Waals surface area contributed by atoms with E-state index < -0.39 is 23.2 Å². The molecule has 1 saturated heterocycles. The number of alkyl halides is 3. The topological polar surface area (TPSA) is 61.4 Å². The molecule has 23 heavy (non-hydrogen) atoms. The summed E-state index contributed by atoms with van der Waals surface area (Å²) >= 11 is 4.60. The minimum absolute atomic E-state index is 0.540. The average Bonchev–Trinajstić information content (AvgIpc) is 3.00. The summed E-state index contributed by atoms with van der Waals surface area (Å²) in [7, 11) is 0. The Morgan fingerprint density at radius 2 is 1.96 bits per heavy atom. The van der Waals surface area contributed by atoms with Crippen LogP contribution in [-0.4, -0.2) is 36.3 Å². The van der Waals surface area contributed by atoms with Gasteiger partial charge in [-0.3, -0.25) is 9.59 Å². The zero-order chi connectivity index (χ0) is 17.0. The van der Waals surface area contributed by atoms with Gasteiger partial charge in [-0.25, -0.2) is 0 Å². The van der Waals surface area contributed by atoms with Gasteiger partial charge in [-0.2, -0.15) is 8.78 Å². The van der Waals surface area contributed by atoms with Crippen LogP contribution in [0.1, 0.15) is 19.8 Å². The highest BCUT2D eigenvalue weighted by Crippen LogP contribution is 2.23. The molecule has 8 heteroatoms. The van der Waals surface area contributed by atoms with Gasteiger partial charge in [0.25, 0.3) is 0 Å². The van der Waals surface area contributed by atoms with Gasteiger partial charge in [0.1, 0.15) is 6.04 Å². The van der Waals surface area contributed by atoms with Crippen molar-refractivity contribution in [2.45, 2.75) is 31.2 Å². The van der Waals surface area contributed by atoms with E-state index in [9.17, 15) is 18.4 Å². The molecule has 1 atom stereocenters. The molecule has 1 aromatic carbocycles. The van der Waals surface area contributed by atoms with Crippen LogP contribution in [0.2, 0.25) is 0 Å². The predicted molar refractivity (Wildman–Crippen MR) is 84.9 cm³/mol. The highest BCUT2D eigenvalue weighted by molar-refractivity contribution is 6.32. The molecule has 0 spiro atoms. The number of rotatable bonds is 5. The first-order valence-electron chi connectivity index (χ1n) is 7.31. The molecule has 0 aromatic heterocycles. The highest BCUT2D eigenvalue weighted by Gasteiger charge is 2.37. The van der Waals surface area contributed by atoms with Crippen molar-refractivity contribution in [1.82, 2.24) is 5.32 Å². The van der Waals surface area contributed by atoms with Crippen LogP contribution in [-0.2, 0) is 9.59 Å². The summed E-state index contributed by atoms with van der Waals surface area (Å²) in [4.78, 5) is 25.3. The van der Waals surface area contributed by atoms with Crippen molar-refractivity contribution in [2.24, 2.45) is 0 Å². The molecule has 2 rings (SSSR count). The lowest BCUT2D eigenvalue weighted by molar-refractivity contribution is -0.138. The van der Waals surface area contributed by atoms with E-state index in [1.165, 1.54) is 6.92 Å². The van der Waals surface area contributed by atoms with E-state index in [1.807, 2.05) is 17.4 Å². The highest BCUT2D eigenvalue weighted by atomic mass is 35.5. The first kappa shape index (κ1) is 17.5. The summed E-state index contributed by atoms with van der Waals surface area (Å²) in [6.45, 7) is 3.24. The smallest absolute Gasteiger partial charge is 0.371 e. The normalized spacial score (nSPS) is 16.1. The second kappa shape index (κ2) is 7.12. The van der Waals surface area contributed by atoms with Crippen LogP contribution in [0.15, 0.2) is 24.3 Å². The molecule has 1 aliphatic rings. The monoisotopic (exact) mass is 345 g/mol. The Kier molecular flexibility index (Phi) is 5.41. The number of hydrogen-bond donors (Lipinski definition) is 2. The lowest BCUT2D eigenvalue weighted by Crippen LogP contribution is -2.46. The van der Waals surface area contributed by atoms with Gasteiger partial charge < -0.3 is 15.5 Å². The van der Waals surface area contributed by atoms with Gasteiger partial charge in [0.15, 0.2) is 0 Å². The molecule has 1 unspecified atom stereocenters. The van der Waals surface area contributed by atoms with Gasteiger partial charge >= 0.3 is 11.3 Å². The summed E-state index contributed by atoms with van der Waals surface area (Å²) in [5.74, 6) is -2.30. The summed E-state index contributed by atoms with van der Waals surface area (Å²) in [5, 5.41) is 0.423. The molecule has 2 amide bonds. The zero-order valence-electron chi connectivity index (χ0n) is 12.6. The van der Waals surface area contributed by atoms with E-state index in [1.54, 1.807) is 12.1 Å². The first-order chi connectivity index (χ1) is 10.8. The third-order valence-electron chi connectivity index (χ3n) is 3.58. The minimum atomic E-state index is -4.04. The second-order valence-corrected chi connectivity index (χ2v) is 5.90. The SMILES string of the molecule is CC(NC(=O)C(F)(F)Cl)C(=O)Nc1cccc(N2CCCC2)c1. The van der Waals surface area contributed by atoms with Crippen molar-refractivity contribution in [3.63, 3.8) is 0 Å². The molecule has 1 heterocycles. The number of carbonyl (C=O) groups excluding carboxylic acids is 2. The molecular formula is C15H18ClF2N3O2. The Labute approximate surface area is 138 Å². The molecule has 126 valence electrons. The third-order valence-corrected chi connectivity index (χ3v) is 3.75. The molecule has 0 radical (unpaired) electrons. The Morgan fingerprint density at radius 1 is 1.30 bits per heavy atom. The lowest BCUT2D eigenvalue weighted by atomic mass is 10.2. The van der Waals surface area contributed by atoms with Gasteiger partial charge in [0, 0.05) is 24.5 Å². The van der Waals surface area contributed by atoms with E-state index in [4.69, 9.17) is 0 Å². The van der Waals surface area contributed by atoms with Crippen molar-refractivity contribution in [3.05, 3.63) is 24.3 Å². The van der Waals surface area contributed by atoms with Crippen LogP contribution >= 0.6 is 11.6 Å². The van der Waals surface area contributed by atoms with Crippen molar-refractivity contribution < 1.29 is 18.4 Å². The van der Waals surface area contributed by atoms with Crippen molar-refractivity contribution in [1.29, 1.82) is 0 Å². The molecule has 0 aliphatic carbocycles. The molecule has 5 nitrogen and oxygen atoms in total. The average molecular weight is 346 g/mol. The summed E-state index contributed by atoms with van der Waals surface area (Å²) in [6, 6.07) is 6.12. The van der Waals surface area contributed by atoms with Gasteiger partial charge in [-0.05, 0) is 49.6 Å². The maximum absolute atomic E-state index is 12.6. The Morgan fingerprint density at radius 3 is 2.57 bits per heavy atom. The Bertz CT molecular complexity index is 586.